The van der Waals surface area contributed by atoms with E-state index in [0.29, 0.717) is 0 Å². The van der Waals surface area contributed by atoms with Crippen molar-refractivity contribution in [2.24, 2.45) is 5.92 Å². The lowest BCUT2D eigenvalue weighted by Gasteiger charge is -2.11. The summed E-state index contributed by atoms with van der Waals surface area (Å²) in [6, 6.07) is -0.689. The second kappa shape index (κ2) is 4.05. The molecule has 1 fully saturated rings. The number of nitrogens with zero attached hydrogens (tertiary/aromatic N) is 2. The Balaban J connectivity index is 2.06. The monoisotopic (exact) mass is 243 g/mol. The number of aliphatic carboxylic acids is 1. The van der Waals surface area contributed by atoms with E-state index < -0.39 is 16.9 Å². The van der Waals surface area contributed by atoms with E-state index in [1.807, 2.05) is 0 Å². The number of thiazole rings is 1. The number of anilines is 1. The molecule has 16 heavy (non-hydrogen) atoms. The van der Waals surface area contributed by atoms with Crippen LogP contribution in [-0.2, 0) is 4.79 Å². The summed E-state index contributed by atoms with van der Waals surface area (Å²) < 4.78 is 0. The number of carbonyl (C=O) groups is 1. The maximum atomic E-state index is 10.9. The fourth-order valence-electron chi connectivity index (χ4n) is 1.36. The number of rotatable bonds is 5. The molecule has 1 aromatic rings. The van der Waals surface area contributed by atoms with E-state index in [-0.39, 0.29) is 16.1 Å². The van der Waals surface area contributed by atoms with Crippen LogP contribution in [0, 0.1) is 16.0 Å². The Morgan fingerprint density at radius 3 is 2.88 bits per heavy atom. The van der Waals surface area contributed by atoms with Crippen molar-refractivity contribution >= 4 is 27.4 Å². The van der Waals surface area contributed by atoms with E-state index in [0.717, 1.165) is 30.4 Å². The minimum Gasteiger partial charge on any atom is -0.480 e. The lowest BCUT2D eigenvalue weighted by Crippen LogP contribution is -2.31. The first-order chi connectivity index (χ1) is 7.58. The van der Waals surface area contributed by atoms with Crippen LogP contribution in [0.5, 0.6) is 0 Å². The van der Waals surface area contributed by atoms with Crippen molar-refractivity contribution in [3.8, 4) is 0 Å². The van der Waals surface area contributed by atoms with Crippen LogP contribution in [0.25, 0.3) is 0 Å². The number of hydrogen-bond acceptors (Lipinski definition) is 6. The molecular formula is C8H9N3O4S. The molecule has 0 bridgehead atoms. The van der Waals surface area contributed by atoms with Crippen molar-refractivity contribution in [2.45, 2.75) is 18.9 Å². The number of nitrogens with one attached hydrogen (secondary N) is 1. The quantitative estimate of drug-likeness (QED) is 0.597. The van der Waals surface area contributed by atoms with Crippen molar-refractivity contribution in [1.29, 1.82) is 0 Å². The molecule has 8 heteroatoms. The van der Waals surface area contributed by atoms with Gasteiger partial charge in [-0.3, -0.25) is 10.1 Å². The highest BCUT2D eigenvalue weighted by molar-refractivity contribution is 7.18. The Morgan fingerprint density at radius 2 is 2.44 bits per heavy atom. The summed E-state index contributed by atoms with van der Waals surface area (Å²) in [5.74, 6) is -0.833. The molecule has 0 radical (unpaired) electrons. The SMILES string of the molecule is O=C(O)C(Nc1ncc([N+](=O)[O-])s1)C1CC1. The van der Waals surface area contributed by atoms with E-state index >= 15 is 0 Å². The van der Waals surface area contributed by atoms with Gasteiger partial charge in [0.2, 0.25) is 0 Å². The summed E-state index contributed by atoms with van der Waals surface area (Å²) in [5.41, 5.74) is 0. The first-order valence-corrected chi connectivity index (χ1v) is 5.49. The third-order valence-electron chi connectivity index (χ3n) is 2.31. The van der Waals surface area contributed by atoms with Crippen molar-refractivity contribution < 1.29 is 14.8 Å². The number of hydrogen-bond donors (Lipinski definition) is 2. The van der Waals surface area contributed by atoms with Gasteiger partial charge in [0.1, 0.15) is 12.2 Å². The second-order valence-corrected chi connectivity index (χ2v) is 4.57. The third kappa shape index (κ3) is 2.27. The molecule has 2 rings (SSSR count). The van der Waals surface area contributed by atoms with Crippen LogP contribution in [0.15, 0.2) is 6.20 Å². The van der Waals surface area contributed by atoms with E-state index in [1.165, 1.54) is 0 Å². The minimum atomic E-state index is -0.944. The lowest BCUT2D eigenvalue weighted by molar-refractivity contribution is -0.380. The number of aromatic nitrogens is 1. The Kier molecular flexibility index (Phi) is 2.73. The normalized spacial score (nSPS) is 16.8. The largest absolute Gasteiger partial charge is 0.480 e. The Labute approximate surface area is 94.3 Å². The van der Waals surface area contributed by atoms with E-state index in [2.05, 4.69) is 10.3 Å². The molecule has 0 spiro atoms. The maximum Gasteiger partial charge on any atom is 0.345 e. The van der Waals surface area contributed by atoms with Crippen LogP contribution in [0.4, 0.5) is 10.1 Å². The molecule has 1 heterocycles. The zero-order valence-electron chi connectivity index (χ0n) is 8.12. The molecule has 1 unspecified atom stereocenters. The van der Waals surface area contributed by atoms with Gasteiger partial charge in [-0.25, -0.2) is 9.78 Å². The fourth-order valence-corrected chi connectivity index (χ4v) is 2.03. The highest BCUT2D eigenvalue weighted by Crippen LogP contribution is 2.35. The molecule has 2 N–H and O–H groups in total. The lowest BCUT2D eigenvalue weighted by atomic mass is 10.2. The summed E-state index contributed by atoms with van der Waals surface area (Å²) in [6.07, 6.45) is 2.87. The summed E-state index contributed by atoms with van der Waals surface area (Å²) in [4.78, 5) is 24.5. The predicted molar refractivity (Wildman–Crippen MR) is 56.5 cm³/mol. The predicted octanol–water partition coefficient (Wildman–Crippen LogP) is 1.33. The first kappa shape index (κ1) is 10.8. The van der Waals surface area contributed by atoms with Gasteiger partial charge in [-0.2, -0.15) is 0 Å². The van der Waals surface area contributed by atoms with Crippen LogP contribution in [0.2, 0.25) is 0 Å². The standard InChI is InChI=1S/C8H9N3O4S/c12-7(13)6(4-1-2-4)10-8-9-3-5(16-8)11(14)15/h3-4,6H,1-2H2,(H,9,10)(H,12,13). The molecule has 7 nitrogen and oxygen atoms in total. The highest BCUT2D eigenvalue weighted by atomic mass is 32.1. The molecule has 1 aliphatic rings. The molecule has 1 atom stereocenters. The molecule has 0 aromatic carbocycles. The third-order valence-corrected chi connectivity index (χ3v) is 3.19. The number of nitro groups is 1. The van der Waals surface area contributed by atoms with E-state index in [9.17, 15) is 14.9 Å². The molecule has 1 saturated carbocycles. The Bertz CT molecular complexity index is 429. The van der Waals surface area contributed by atoms with Crippen molar-refractivity contribution in [3.63, 3.8) is 0 Å². The Morgan fingerprint density at radius 1 is 1.75 bits per heavy atom. The van der Waals surface area contributed by atoms with Gasteiger partial charge in [0.05, 0.1) is 4.92 Å². The summed E-state index contributed by atoms with van der Waals surface area (Å²) in [6.45, 7) is 0. The molecule has 86 valence electrons. The summed E-state index contributed by atoms with van der Waals surface area (Å²) >= 11 is 0.847. The maximum absolute atomic E-state index is 10.9. The van der Waals surface area contributed by atoms with E-state index in [1.54, 1.807) is 0 Å². The topological polar surface area (TPSA) is 105 Å². The summed E-state index contributed by atoms with van der Waals surface area (Å²) in [5, 5.41) is 22.3. The Hall–Kier alpha value is -1.70. The molecule has 0 saturated heterocycles. The highest BCUT2D eigenvalue weighted by Gasteiger charge is 2.36. The van der Waals surface area contributed by atoms with Crippen LogP contribution >= 0.6 is 11.3 Å². The molecule has 0 aliphatic heterocycles. The second-order valence-electron chi connectivity index (χ2n) is 3.56. The van der Waals surface area contributed by atoms with Gasteiger partial charge in [-0.1, -0.05) is 0 Å². The van der Waals surface area contributed by atoms with Gasteiger partial charge < -0.3 is 10.4 Å². The molecular weight excluding hydrogens is 234 g/mol. The van der Waals surface area contributed by atoms with Gasteiger partial charge in [-0.05, 0) is 30.1 Å². The van der Waals surface area contributed by atoms with Crippen molar-refractivity contribution in [2.75, 3.05) is 5.32 Å². The van der Waals surface area contributed by atoms with Crippen molar-refractivity contribution in [3.05, 3.63) is 16.3 Å². The van der Waals surface area contributed by atoms with Gasteiger partial charge in [0, 0.05) is 0 Å². The van der Waals surface area contributed by atoms with Gasteiger partial charge >= 0.3 is 11.0 Å². The van der Waals surface area contributed by atoms with Gasteiger partial charge in [0.25, 0.3) is 0 Å². The van der Waals surface area contributed by atoms with E-state index in [4.69, 9.17) is 5.11 Å². The van der Waals surface area contributed by atoms with Crippen LogP contribution in [-0.4, -0.2) is 27.0 Å². The smallest absolute Gasteiger partial charge is 0.345 e. The number of carboxylic acid groups (broad SMARTS) is 1. The minimum absolute atomic E-state index is 0.0950. The van der Waals surface area contributed by atoms with Gasteiger partial charge in [-0.15, -0.1) is 0 Å². The van der Waals surface area contributed by atoms with Crippen molar-refractivity contribution in [1.82, 2.24) is 4.98 Å². The average Bonchev–Trinajstić information content (AvgIpc) is 2.92. The van der Waals surface area contributed by atoms with Crippen LogP contribution < -0.4 is 5.32 Å². The van der Waals surface area contributed by atoms with Gasteiger partial charge in [0.15, 0.2) is 5.13 Å². The average molecular weight is 243 g/mol. The molecule has 1 aromatic heterocycles. The zero-order chi connectivity index (χ0) is 11.7. The van der Waals surface area contributed by atoms with Crippen LogP contribution in [0.1, 0.15) is 12.8 Å². The molecule has 0 amide bonds. The van der Waals surface area contributed by atoms with Crippen LogP contribution in [0.3, 0.4) is 0 Å². The number of carboxylic acids is 1. The molecule has 1 aliphatic carbocycles. The summed E-state index contributed by atoms with van der Waals surface area (Å²) in [7, 11) is 0. The zero-order valence-corrected chi connectivity index (χ0v) is 8.94. The fraction of sp³-hybridized carbons (Fsp3) is 0.500. The first-order valence-electron chi connectivity index (χ1n) is 4.67.